The predicted molar refractivity (Wildman–Crippen MR) is 154 cm³/mol. The van der Waals surface area contributed by atoms with Gasteiger partial charge in [0.2, 0.25) is 5.91 Å². The van der Waals surface area contributed by atoms with Gasteiger partial charge in [-0.1, -0.05) is 12.1 Å². The van der Waals surface area contributed by atoms with E-state index in [-0.39, 0.29) is 31.3 Å². The molecule has 3 aromatic rings. The summed E-state index contributed by atoms with van der Waals surface area (Å²) in [5.41, 5.74) is 5.70. The third kappa shape index (κ3) is 5.33. The minimum atomic E-state index is -4.48. The molecule has 230 valence electrons. The second-order valence-electron chi connectivity index (χ2n) is 12.6. The molecule has 2 aromatic carbocycles. The van der Waals surface area contributed by atoms with Gasteiger partial charge in [0.1, 0.15) is 23.5 Å². The van der Waals surface area contributed by atoms with Crippen molar-refractivity contribution in [3.05, 3.63) is 70.9 Å². The Hall–Kier alpha value is -4.28. The van der Waals surface area contributed by atoms with Crippen LogP contribution in [-0.2, 0) is 21.8 Å². The Morgan fingerprint density at radius 2 is 1.66 bits per heavy atom. The van der Waals surface area contributed by atoms with Gasteiger partial charge in [0.25, 0.3) is 5.91 Å². The molecule has 2 heterocycles. The van der Waals surface area contributed by atoms with Crippen LogP contribution in [0.4, 0.5) is 13.2 Å². The van der Waals surface area contributed by atoms with Gasteiger partial charge < -0.3 is 25.3 Å². The zero-order valence-electron chi connectivity index (χ0n) is 24.1. The minimum absolute atomic E-state index is 0.00805. The van der Waals surface area contributed by atoms with Crippen molar-refractivity contribution in [1.82, 2.24) is 10.3 Å². The van der Waals surface area contributed by atoms with E-state index in [9.17, 15) is 22.8 Å². The number of nitrogens with zero attached hydrogens (tertiary/aromatic N) is 1. The van der Waals surface area contributed by atoms with Gasteiger partial charge in [-0.25, -0.2) is 4.98 Å². The summed E-state index contributed by atoms with van der Waals surface area (Å²) in [4.78, 5) is 30.7. The largest absolute Gasteiger partial charge is 0.489 e. The smallest absolute Gasteiger partial charge is 0.416 e. The number of carbonyl (C=O) groups is 2. The first-order valence-electron chi connectivity index (χ1n) is 14.9. The monoisotopic (exact) mass is 607 g/mol. The number of ether oxygens (including phenoxy) is 3. The van der Waals surface area contributed by atoms with Crippen molar-refractivity contribution in [2.75, 3.05) is 13.2 Å². The summed E-state index contributed by atoms with van der Waals surface area (Å²) in [5.74, 6) is 0.687. The molecule has 0 spiro atoms. The molecule has 8 nitrogen and oxygen atoms in total. The van der Waals surface area contributed by atoms with Gasteiger partial charge in [-0.3, -0.25) is 9.59 Å². The van der Waals surface area contributed by atoms with E-state index < -0.39 is 28.5 Å². The summed E-state index contributed by atoms with van der Waals surface area (Å²) in [6.45, 7) is 1.95. The SMILES string of the molecule is C[C@]1(C(N)=O)COc2c1cc(C1(CNC(=O)c3ccc(OC4CC4)c(OC4CC4)c3)CC1)nc2-c1ccc(C(F)(F)F)cc1. The fraction of sp³-hybridized carbons (Fsp3) is 0.424. The van der Waals surface area contributed by atoms with Crippen LogP contribution in [0.1, 0.15) is 72.6 Å². The van der Waals surface area contributed by atoms with Crippen LogP contribution < -0.4 is 25.3 Å². The van der Waals surface area contributed by atoms with Gasteiger partial charge in [-0.15, -0.1) is 0 Å². The number of benzene rings is 2. The zero-order valence-corrected chi connectivity index (χ0v) is 24.1. The molecule has 1 atom stereocenters. The standard InChI is InChI=1S/C33H32F3N3O5/c1-31(30(37)41)17-42-28-23(31)15-26(39-27(28)18-2-5-20(6-3-18)33(34,35)36)32(12-13-32)16-38-29(40)19-4-11-24(43-21-7-8-21)25(14-19)44-22-9-10-22/h2-6,11,14-15,21-22H,7-10,12-13,16-17H2,1H3,(H2,37,41)(H,38,40)/t31-/m0/s1. The van der Waals surface area contributed by atoms with E-state index in [1.807, 2.05) is 0 Å². The van der Waals surface area contributed by atoms with Gasteiger partial charge in [0.15, 0.2) is 11.5 Å². The maximum atomic E-state index is 13.3. The zero-order chi connectivity index (χ0) is 30.9. The van der Waals surface area contributed by atoms with Gasteiger partial charge >= 0.3 is 6.18 Å². The lowest BCUT2D eigenvalue weighted by Crippen LogP contribution is -2.40. The number of fused-ring (bicyclic) bond motifs is 1. The first kappa shape index (κ1) is 28.5. The number of nitrogens with two attached hydrogens (primary N) is 1. The minimum Gasteiger partial charge on any atom is -0.489 e. The highest BCUT2D eigenvalue weighted by Crippen LogP contribution is 2.52. The molecule has 3 N–H and O–H groups in total. The molecule has 7 rings (SSSR count). The Balaban J connectivity index is 1.17. The van der Waals surface area contributed by atoms with Crippen LogP contribution in [-0.4, -0.2) is 42.2 Å². The Labute approximate surface area is 252 Å². The van der Waals surface area contributed by atoms with Crippen molar-refractivity contribution >= 4 is 11.8 Å². The lowest BCUT2D eigenvalue weighted by molar-refractivity contribution is -0.137. The topological polar surface area (TPSA) is 113 Å². The highest BCUT2D eigenvalue weighted by molar-refractivity contribution is 5.95. The number of pyridine rings is 1. The van der Waals surface area contributed by atoms with Crippen LogP contribution in [0.15, 0.2) is 48.5 Å². The number of halogens is 3. The fourth-order valence-electron chi connectivity index (χ4n) is 5.47. The summed E-state index contributed by atoms with van der Waals surface area (Å²) in [6.07, 6.45) is 1.28. The molecule has 4 aliphatic rings. The number of nitrogens with one attached hydrogen (secondary N) is 1. The molecule has 0 radical (unpaired) electrons. The van der Waals surface area contributed by atoms with Crippen LogP contribution in [0.5, 0.6) is 17.2 Å². The van der Waals surface area contributed by atoms with Crippen molar-refractivity contribution in [2.45, 2.75) is 74.7 Å². The van der Waals surface area contributed by atoms with Crippen molar-refractivity contribution < 1.29 is 37.0 Å². The van der Waals surface area contributed by atoms with E-state index in [1.54, 1.807) is 31.2 Å². The molecule has 3 fully saturated rings. The maximum absolute atomic E-state index is 13.3. The molecule has 0 saturated heterocycles. The number of hydrogen-bond donors (Lipinski definition) is 2. The second-order valence-corrected chi connectivity index (χ2v) is 12.6. The van der Waals surface area contributed by atoms with E-state index in [4.69, 9.17) is 24.9 Å². The van der Waals surface area contributed by atoms with Crippen LogP contribution in [0.25, 0.3) is 11.3 Å². The first-order valence-corrected chi connectivity index (χ1v) is 14.9. The van der Waals surface area contributed by atoms with Crippen molar-refractivity contribution in [3.8, 4) is 28.5 Å². The number of carbonyl (C=O) groups excluding carboxylic acids is 2. The Bertz CT molecular complexity index is 1650. The van der Waals surface area contributed by atoms with Crippen LogP contribution in [0, 0.1) is 0 Å². The first-order chi connectivity index (χ1) is 20.9. The molecule has 3 aliphatic carbocycles. The van der Waals surface area contributed by atoms with Crippen molar-refractivity contribution in [1.29, 1.82) is 0 Å². The highest BCUT2D eigenvalue weighted by Gasteiger charge is 2.50. The number of alkyl halides is 3. The molecule has 11 heteroatoms. The summed E-state index contributed by atoms with van der Waals surface area (Å²) >= 11 is 0. The average molecular weight is 608 g/mol. The molecular formula is C33H32F3N3O5. The normalized spacial score (nSPS) is 21.6. The molecule has 2 amide bonds. The van der Waals surface area contributed by atoms with E-state index >= 15 is 0 Å². The van der Waals surface area contributed by atoms with E-state index in [2.05, 4.69) is 5.32 Å². The fourth-order valence-corrected chi connectivity index (χ4v) is 5.47. The lowest BCUT2D eigenvalue weighted by Gasteiger charge is -2.22. The molecule has 1 aliphatic heterocycles. The average Bonchev–Trinajstić information content (AvgIpc) is 3.87. The summed E-state index contributed by atoms with van der Waals surface area (Å²) in [5, 5.41) is 3.04. The summed E-state index contributed by atoms with van der Waals surface area (Å²) < 4.78 is 57.7. The van der Waals surface area contributed by atoms with Gasteiger partial charge in [0, 0.05) is 34.3 Å². The predicted octanol–water partition coefficient (Wildman–Crippen LogP) is 5.45. The van der Waals surface area contributed by atoms with E-state index in [1.165, 1.54) is 12.1 Å². The third-order valence-electron chi connectivity index (χ3n) is 8.93. The molecular weight excluding hydrogens is 575 g/mol. The summed E-state index contributed by atoms with van der Waals surface area (Å²) in [6, 6.07) is 11.7. The van der Waals surface area contributed by atoms with Gasteiger partial charge in [0.05, 0.1) is 17.8 Å². The molecule has 3 saturated carbocycles. The van der Waals surface area contributed by atoms with Crippen molar-refractivity contribution in [2.24, 2.45) is 5.73 Å². The maximum Gasteiger partial charge on any atom is 0.416 e. The number of primary amides is 1. The summed E-state index contributed by atoms with van der Waals surface area (Å²) in [7, 11) is 0. The van der Waals surface area contributed by atoms with Crippen LogP contribution in [0.2, 0.25) is 0 Å². The number of amides is 2. The number of rotatable bonds is 10. The quantitative estimate of drug-likeness (QED) is 0.317. The molecule has 1 aromatic heterocycles. The number of hydrogen-bond acceptors (Lipinski definition) is 6. The highest BCUT2D eigenvalue weighted by atomic mass is 19.4. The lowest BCUT2D eigenvalue weighted by atomic mass is 9.82. The Kier molecular flexibility index (Phi) is 6.56. The van der Waals surface area contributed by atoms with E-state index in [0.717, 1.165) is 50.7 Å². The molecule has 44 heavy (non-hydrogen) atoms. The van der Waals surface area contributed by atoms with Crippen LogP contribution in [0.3, 0.4) is 0 Å². The van der Waals surface area contributed by atoms with Gasteiger partial charge in [-0.05, 0) is 81.8 Å². The molecule has 0 unspecified atom stereocenters. The van der Waals surface area contributed by atoms with Gasteiger partial charge in [-0.2, -0.15) is 13.2 Å². The second kappa shape index (κ2) is 10.1. The third-order valence-corrected chi connectivity index (χ3v) is 8.93. The Morgan fingerprint density at radius 1 is 1.00 bits per heavy atom. The van der Waals surface area contributed by atoms with Crippen molar-refractivity contribution in [3.63, 3.8) is 0 Å². The van der Waals surface area contributed by atoms with Crippen LogP contribution >= 0.6 is 0 Å². The number of aromatic nitrogens is 1. The Morgan fingerprint density at radius 3 is 2.25 bits per heavy atom. The van der Waals surface area contributed by atoms with E-state index in [0.29, 0.717) is 45.3 Å². The molecule has 0 bridgehead atoms.